The van der Waals surface area contributed by atoms with Gasteiger partial charge in [0, 0.05) is 28.5 Å². The van der Waals surface area contributed by atoms with E-state index in [-0.39, 0.29) is 5.63 Å². The summed E-state index contributed by atoms with van der Waals surface area (Å²) in [6, 6.07) is 19.1. The van der Waals surface area contributed by atoms with Crippen LogP contribution in [-0.4, -0.2) is 18.2 Å². The van der Waals surface area contributed by atoms with Crippen LogP contribution in [0.2, 0.25) is 10.0 Å². The molecule has 1 aromatic heterocycles. The first-order valence-electron chi connectivity index (χ1n) is 10.4. The zero-order valence-corrected chi connectivity index (χ0v) is 19.0. The summed E-state index contributed by atoms with van der Waals surface area (Å²) in [5.74, 6) is 0.758. The quantitative estimate of drug-likeness (QED) is 0.324. The first kappa shape index (κ1) is 21.1. The van der Waals surface area contributed by atoms with E-state index in [4.69, 9.17) is 32.4 Å². The number of benzene rings is 3. The van der Waals surface area contributed by atoms with E-state index in [0.29, 0.717) is 34.5 Å². The maximum Gasteiger partial charge on any atom is 0.344 e. The smallest absolute Gasteiger partial charge is 0.344 e. The number of ether oxygens (including phenoxy) is 1. The van der Waals surface area contributed by atoms with Gasteiger partial charge < -0.3 is 9.15 Å². The van der Waals surface area contributed by atoms with Gasteiger partial charge in [0.2, 0.25) is 0 Å². The lowest BCUT2D eigenvalue weighted by Crippen LogP contribution is -2.33. The topological polar surface area (TPSA) is 42.7 Å². The molecule has 0 aliphatic carbocycles. The van der Waals surface area contributed by atoms with Gasteiger partial charge in [-0.1, -0.05) is 59.6 Å². The second-order valence-electron chi connectivity index (χ2n) is 7.99. The highest BCUT2D eigenvalue weighted by atomic mass is 35.5. The molecule has 4 aromatic rings. The van der Waals surface area contributed by atoms with E-state index in [0.717, 1.165) is 46.4 Å². The van der Waals surface area contributed by atoms with Crippen molar-refractivity contribution in [2.75, 3.05) is 13.3 Å². The zero-order chi connectivity index (χ0) is 22.2. The van der Waals surface area contributed by atoms with Gasteiger partial charge in [0.25, 0.3) is 0 Å². The monoisotopic (exact) mass is 465 g/mol. The van der Waals surface area contributed by atoms with Gasteiger partial charge in [-0.15, -0.1) is 0 Å². The van der Waals surface area contributed by atoms with Gasteiger partial charge in [-0.2, -0.15) is 0 Å². The minimum Gasteiger partial charge on any atom is -0.478 e. The lowest BCUT2D eigenvalue weighted by atomic mass is 9.97. The van der Waals surface area contributed by atoms with Crippen LogP contribution in [0.3, 0.4) is 0 Å². The number of hydrogen-bond donors (Lipinski definition) is 0. The summed E-state index contributed by atoms with van der Waals surface area (Å²) >= 11 is 12.3. The fraction of sp³-hybridized carbons (Fsp3) is 0.192. The van der Waals surface area contributed by atoms with Crippen LogP contribution >= 0.6 is 23.2 Å². The summed E-state index contributed by atoms with van der Waals surface area (Å²) in [5, 5.41) is 2.21. The highest BCUT2D eigenvalue weighted by Gasteiger charge is 2.23. The number of fused-ring (bicyclic) bond motifs is 3. The molecule has 1 aliphatic rings. The van der Waals surface area contributed by atoms with Crippen molar-refractivity contribution in [3.05, 3.63) is 97.8 Å². The van der Waals surface area contributed by atoms with Crippen molar-refractivity contribution in [1.82, 2.24) is 4.90 Å². The molecule has 1 aliphatic heterocycles. The Balaban J connectivity index is 1.47. The SMILES string of the molecule is Cc1c(-c2ccccc2)c(=O)oc2c3c(ccc12)OCN(CCc1ccc(Cl)cc1Cl)C3. The summed E-state index contributed by atoms with van der Waals surface area (Å²) < 4.78 is 11.9. The van der Waals surface area contributed by atoms with Gasteiger partial charge in [0.05, 0.1) is 11.1 Å². The number of halogens is 2. The Hall–Kier alpha value is -2.79. The Bertz CT molecular complexity index is 1370. The molecule has 0 unspecified atom stereocenters. The standard InChI is InChI=1S/C26H21Cl2NO3/c1-16-20-9-10-23-21(25(20)32-26(30)24(16)18-5-3-2-4-6-18)14-29(15-31-23)12-11-17-7-8-19(27)13-22(17)28/h2-10,13H,11-12,14-15H2,1H3. The van der Waals surface area contributed by atoms with Gasteiger partial charge in [-0.25, -0.2) is 4.79 Å². The summed E-state index contributed by atoms with van der Waals surface area (Å²) in [5.41, 5.74) is 4.57. The lowest BCUT2D eigenvalue weighted by molar-refractivity contribution is 0.0968. The van der Waals surface area contributed by atoms with Crippen molar-refractivity contribution >= 4 is 34.2 Å². The van der Waals surface area contributed by atoms with Gasteiger partial charge in [-0.3, -0.25) is 4.90 Å². The first-order valence-corrected chi connectivity index (χ1v) is 11.2. The van der Waals surface area contributed by atoms with Crippen molar-refractivity contribution in [3.63, 3.8) is 0 Å². The third-order valence-electron chi connectivity index (χ3n) is 5.95. The molecule has 0 spiro atoms. The second kappa shape index (κ2) is 8.62. The van der Waals surface area contributed by atoms with Crippen LogP contribution in [0.25, 0.3) is 22.1 Å². The maximum absolute atomic E-state index is 13.0. The third-order valence-corrected chi connectivity index (χ3v) is 6.54. The van der Waals surface area contributed by atoms with Crippen molar-refractivity contribution in [3.8, 4) is 16.9 Å². The Morgan fingerprint density at radius 3 is 2.62 bits per heavy atom. The predicted octanol–water partition coefficient (Wildman–Crippen LogP) is 6.47. The number of nitrogens with zero attached hydrogens (tertiary/aromatic N) is 1. The molecule has 0 amide bonds. The largest absolute Gasteiger partial charge is 0.478 e. The van der Waals surface area contributed by atoms with Crippen LogP contribution in [0, 0.1) is 6.92 Å². The fourth-order valence-electron chi connectivity index (χ4n) is 4.25. The van der Waals surface area contributed by atoms with Gasteiger partial charge in [0.15, 0.2) is 0 Å². The molecule has 0 atom stereocenters. The van der Waals surface area contributed by atoms with Crippen LogP contribution in [-0.2, 0) is 13.0 Å². The average Bonchev–Trinajstić information content (AvgIpc) is 2.79. The van der Waals surface area contributed by atoms with E-state index >= 15 is 0 Å². The molecular formula is C26H21Cl2NO3. The van der Waals surface area contributed by atoms with Gasteiger partial charge in [-0.05, 0) is 54.3 Å². The second-order valence-corrected chi connectivity index (χ2v) is 8.83. The summed E-state index contributed by atoms with van der Waals surface area (Å²) in [6.07, 6.45) is 0.764. The minimum atomic E-state index is -0.334. The molecule has 6 heteroatoms. The van der Waals surface area contributed by atoms with E-state index in [1.165, 1.54) is 0 Å². The first-order chi connectivity index (χ1) is 15.5. The summed E-state index contributed by atoms with van der Waals surface area (Å²) in [7, 11) is 0. The molecule has 0 saturated carbocycles. The molecule has 32 heavy (non-hydrogen) atoms. The molecule has 0 radical (unpaired) electrons. The lowest BCUT2D eigenvalue weighted by Gasteiger charge is -2.29. The van der Waals surface area contributed by atoms with E-state index in [2.05, 4.69) is 4.90 Å². The number of hydrogen-bond acceptors (Lipinski definition) is 4. The van der Waals surface area contributed by atoms with Crippen molar-refractivity contribution in [1.29, 1.82) is 0 Å². The van der Waals surface area contributed by atoms with Crippen LogP contribution in [0.4, 0.5) is 0 Å². The molecule has 0 fully saturated rings. The van der Waals surface area contributed by atoms with Gasteiger partial charge >= 0.3 is 5.63 Å². The molecular weight excluding hydrogens is 445 g/mol. The van der Waals surface area contributed by atoms with E-state index < -0.39 is 0 Å². The highest BCUT2D eigenvalue weighted by molar-refractivity contribution is 6.35. The van der Waals surface area contributed by atoms with E-state index in [1.54, 1.807) is 6.07 Å². The predicted molar refractivity (Wildman–Crippen MR) is 129 cm³/mol. The highest BCUT2D eigenvalue weighted by Crippen LogP contribution is 2.35. The van der Waals surface area contributed by atoms with E-state index in [9.17, 15) is 4.79 Å². The molecule has 3 aromatic carbocycles. The Morgan fingerprint density at radius 1 is 1.03 bits per heavy atom. The average molecular weight is 466 g/mol. The molecule has 2 heterocycles. The van der Waals surface area contributed by atoms with Crippen molar-refractivity contribution in [2.24, 2.45) is 0 Å². The van der Waals surface area contributed by atoms with Crippen LogP contribution in [0.1, 0.15) is 16.7 Å². The van der Waals surface area contributed by atoms with Crippen LogP contribution in [0.15, 0.2) is 69.9 Å². The van der Waals surface area contributed by atoms with Crippen molar-refractivity contribution < 1.29 is 9.15 Å². The summed E-state index contributed by atoms with van der Waals surface area (Å²) in [4.78, 5) is 15.1. The Morgan fingerprint density at radius 2 is 1.84 bits per heavy atom. The zero-order valence-electron chi connectivity index (χ0n) is 17.5. The minimum absolute atomic E-state index is 0.334. The molecule has 0 saturated heterocycles. The molecule has 5 rings (SSSR count). The normalized spacial score (nSPS) is 13.7. The number of rotatable bonds is 4. The Kier molecular flexibility index (Phi) is 5.68. The summed E-state index contributed by atoms with van der Waals surface area (Å²) in [6.45, 7) is 3.82. The maximum atomic E-state index is 13.0. The molecule has 0 bridgehead atoms. The fourth-order valence-corrected chi connectivity index (χ4v) is 4.76. The van der Waals surface area contributed by atoms with Crippen LogP contribution < -0.4 is 10.4 Å². The van der Waals surface area contributed by atoms with Crippen LogP contribution in [0.5, 0.6) is 5.75 Å². The van der Waals surface area contributed by atoms with Crippen molar-refractivity contribution in [2.45, 2.75) is 19.9 Å². The molecule has 4 nitrogen and oxygen atoms in total. The molecule has 162 valence electrons. The molecule has 0 N–H and O–H groups in total. The Labute approximate surface area is 195 Å². The third kappa shape index (κ3) is 3.90. The van der Waals surface area contributed by atoms with Gasteiger partial charge in [0.1, 0.15) is 18.1 Å². The van der Waals surface area contributed by atoms with E-state index in [1.807, 2.05) is 61.5 Å². The number of aryl methyl sites for hydroxylation is 1.